The molecule has 0 spiro atoms. The molecule has 17 heavy (non-hydrogen) atoms. The monoisotopic (exact) mass is 239 g/mol. The predicted molar refractivity (Wildman–Crippen MR) is 64.7 cm³/mol. The summed E-state index contributed by atoms with van der Waals surface area (Å²) in [6.07, 6.45) is 2.06. The van der Waals surface area contributed by atoms with Crippen LogP contribution in [0.15, 0.2) is 0 Å². The summed E-state index contributed by atoms with van der Waals surface area (Å²) in [7, 11) is 0. The molecule has 96 valence electrons. The third-order valence-corrected chi connectivity index (χ3v) is 3.17. The minimum Gasteiger partial charge on any atom is -0.465 e. The van der Waals surface area contributed by atoms with Crippen LogP contribution in [0.1, 0.15) is 52.2 Å². The lowest BCUT2D eigenvalue weighted by molar-refractivity contribution is -0.151. The highest BCUT2D eigenvalue weighted by molar-refractivity contribution is 5.81. The maximum absolute atomic E-state index is 12.1. The van der Waals surface area contributed by atoms with Crippen LogP contribution in [0.25, 0.3) is 0 Å². The number of H-pyrrole nitrogens is 1. The summed E-state index contributed by atoms with van der Waals surface area (Å²) in [5.41, 5.74) is -0.708. The van der Waals surface area contributed by atoms with Gasteiger partial charge in [-0.15, -0.1) is 0 Å². The van der Waals surface area contributed by atoms with Gasteiger partial charge >= 0.3 is 5.97 Å². The number of aryl methyl sites for hydroxylation is 1. The topological polar surface area (TPSA) is 67.9 Å². The number of nitrogens with one attached hydrogen (secondary N) is 1. The fraction of sp³-hybridized carbons (Fsp3) is 0.750. The number of hydrogen-bond acceptors (Lipinski definition) is 4. The van der Waals surface area contributed by atoms with Crippen LogP contribution in [0.5, 0.6) is 0 Å². The molecule has 0 atom stereocenters. The van der Waals surface area contributed by atoms with E-state index in [2.05, 4.69) is 15.2 Å². The third-order valence-electron chi connectivity index (χ3n) is 3.17. The van der Waals surface area contributed by atoms with Crippen LogP contribution < -0.4 is 0 Å². The molecule has 0 aliphatic carbocycles. The first-order valence-corrected chi connectivity index (χ1v) is 6.23. The van der Waals surface area contributed by atoms with Gasteiger partial charge in [0.1, 0.15) is 11.2 Å². The molecule has 0 bridgehead atoms. The van der Waals surface area contributed by atoms with Gasteiger partial charge in [-0.3, -0.25) is 9.89 Å². The molecule has 5 nitrogen and oxygen atoms in total. The lowest BCUT2D eigenvalue weighted by Gasteiger charge is -2.25. The molecule has 0 unspecified atom stereocenters. The number of carbonyl (C=O) groups is 1. The summed E-state index contributed by atoms with van der Waals surface area (Å²) >= 11 is 0. The number of hydrogen-bond donors (Lipinski definition) is 1. The van der Waals surface area contributed by atoms with Gasteiger partial charge < -0.3 is 4.74 Å². The van der Waals surface area contributed by atoms with Gasteiger partial charge in [0, 0.05) is 6.42 Å². The number of carbonyl (C=O) groups excluding carboxylic acids is 1. The van der Waals surface area contributed by atoms with Crippen molar-refractivity contribution in [2.75, 3.05) is 6.61 Å². The SMILES string of the molecule is CCOC(=O)C(CC)(CC)c1n[nH]c(CC)n1. The molecule has 1 rings (SSSR count). The second-order valence-electron chi connectivity index (χ2n) is 3.97. The number of aromatic amines is 1. The third kappa shape index (κ3) is 2.48. The van der Waals surface area contributed by atoms with Crippen molar-refractivity contribution in [3.63, 3.8) is 0 Å². The zero-order valence-electron chi connectivity index (χ0n) is 11.0. The van der Waals surface area contributed by atoms with Gasteiger partial charge in [0.05, 0.1) is 6.61 Å². The average molecular weight is 239 g/mol. The molecule has 0 aliphatic rings. The van der Waals surface area contributed by atoms with Crippen molar-refractivity contribution in [2.45, 2.75) is 52.4 Å². The Bertz CT molecular complexity index is 370. The lowest BCUT2D eigenvalue weighted by atomic mass is 9.81. The van der Waals surface area contributed by atoms with E-state index in [1.54, 1.807) is 0 Å². The Kier molecular flexibility index (Phi) is 4.66. The first-order valence-electron chi connectivity index (χ1n) is 6.23. The summed E-state index contributed by atoms with van der Waals surface area (Å²) in [4.78, 5) is 16.5. The highest BCUT2D eigenvalue weighted by Gasteiger charge is 2.42. The lowest BCUT2D eigenvalue weighted by Crippen LogP contribution is -2.37. The molecule has 1 aromatic heterocycles. The van der Waals surface area contributed by atoms with E-state index < -0.39 is 5.41 Å². The second-order valence-corrected chi connectivity index (χ2v) is 3.97. The molecule has 0 radical (unpaired) electrons. The quantitative estimate of drug-likeness (QED) is 0.771. The summed E-state index contributed by atoms with van der Waals surface area (Å²) < 4.78 is 5.15. The van der Waals surface area contributed by atoms with Crippen molar-refractivity contribution in [2.24, 2.45) is 0 Å². The van der Waals surface area contributed by atoms with Crippen LogP contribution in [-0.2, 0) is 21.4 Å². The van der Waals surface area contributed by atoms with Gasteiger partial charge in [-0.25, -0.2) is 4.98 Å². The maximum atomic E-state index is 12.1. The van der Waals surface area contributed by atoms with Crippen molar-refractivity contribution < 1.29 is 9.53 Å². The van der Waals surface area contributed by atoms with E-state index in [-0.39, 0.29) is 5.97 Å². The molecule has 0 fully saturated rings. The molecule has 0 saturated heterocycles. The predicted octanol–water partition coefficient (Wildman–Crippen LogP) is 1.99. The van der Waals surface area contributed by atoms with Crippen molar-refractivity contribution in [3.05, 3.63) is 11.6 Å². The van der Waals surface area contributed by atoms with Crippen LogP contribution in [0.4, 0.5) is 0 Å². The van der Waals surface area contributed by atoms with E-state index in [0.717, 1.165) is 12.2 Å². The second kappa shape index (κ2) is 5.80. The van der Waals surface area contributed by atoms with Crippen molar-refractivity contribution in [3.8, 4) is 0 Å². The van der Waals surface area contributed by atoms with Crippen LogP contribution in [0.3, 0.4) is 0 Å². The minimum absolute atomic E-state index is 0.230. The number of aromatic nitrogens is 3. The molecule has 5 heteroatoms. The summed E-state index contributed by atoms with van der Waals surface area (Å²) in [5.74, 6) is 1.13. The van der Waals surface area contributed by atoms with Gasteiger partial charge in [-0.2, -0.15) is 5.10 Å². The molecule has 0 aromatic carbocycles. The van der Waals surface area contributed by atoms with Gasteiger partial charge in [0.2, 0.25) is 0 Å². The summed E-state index contributed by atoms with van der Waals surface area (Å²) in [6.45, 7) is 8.11. The highest BCUT2D eigenvalue weighted by Crippen LogP contribution is 2.30. The maximum Gasteiger partial charge on any atom is 0.319 e. The molecule has 1 heterocycles. The zero-order chi connectivity index (χ0) is 12.9. The molecule has 1 N–H and O–H groups in total. The Labute approximate surface area is 102 Å². The zero-order valence-corrected chi connectivity index (χ0v) is 11.0. The largest absolute Gasteiger partial charge is 0.465 e. The Morgan fingerprint density at radius 2 is 1.94 bits per heavy atom. The van der Waals surface area contributed by atoms with E-state index in [1.165, 1.54) is 0 Å². The molecule has 0 aliphatic heterocycles. The Morgan fingerprint density at radius 3 is 2.35 bits per heavy atom. The number of nitrogens with zero attached hydrogens (tertiary/aromatic N) is 2. The molecule has 0 saturated carbocycles. The Balaban J connectivity index is 3.09. The van der Waals surface area contributed by atoms with E-state index in [0.29, 0.717) is 25.3 Å². The van der Waals surface area contributed by atoms with E-state index in [9.17, 15) is 4.79 Å². The highest BCUT2D eigenvalue weighted by atomic mass is 16.5. The number of ether oxygens (including phenoxy) is 1. The molecule has 0 amide bonds. The van der Waals surface area contributed by atoms with Gasteiger partial charge in [0.25, 0.3) is 0 Å². The van der Waals surface area contributed by atoms with E-state index >= 15 is 0 Å². The van der Waals surface area contributed by atoms with Gasteiger partial charge in [-0.1, -0.05) is 20.8 Å². The van der Waals surface area contributed by atoms with E-state index in [4.69, 9.17) is 4.74 Å². The van der Waals surface area contributed by atoms with E-state index in [1.807, 2.05) is 27.7 Å². The standard InChI is InChI=1S/C12H21N3O2/c1-5-9-13-10(15-14-9)12(6-2,7-3)11(16)17-8-4/h5-8H2,1-4H3,(H,13,14,15). The minimum atomic E-state index is -0.708. The van der Waals surface area contributed by atoms with Crippen LogP contribution in [0.2, 0.25) is 0 Å². The first kappa shape index (κ1) is 13.7. The van der Waals surface area contributed by atoms with Gasteiger partial charge in [0.15, 0.2) is 5.82 Å². The van der Waals surface area contributed by atoms with Gasteiger partial charge in [-0.05, 0) is 19.8 Å². The Morgan fingerprint density at radius 1 is 1.29 bits per heavy atom. The van der Waals surface area contributed by atoms with Crippen LogP contribution in [0, 0.1) is 0 Å². The Hall–Kier alpha value is -1.39. The first-order chi connectivity index (χ1) is 8.14. The summed E-state index contributed by atoms with van der Waals surface area (Å²) in [6, 6.07) is 0. The number of esters is 1. The fourth-order valence-corrected chi connectivity index (χ4v) is 1.88. The molecular weight excluding hydrogens is 218 g/mol. The van der Waals surface area contributed by atoms with Crippen molar-refractivity contribution in [1.29, 1.82) is 0 Å². The van der Waals surface area contributed by atoms with Crippen LogP contribution in [-0.4, -0.2) is 27.8 Å². The van der Waals surface area contributed by atoms with Crippen molar-refractivity contribution in [1.82, 2.24) is 15.2 Å². The van der Waals surface area contributed by atoms with Crippen molar-refractivity contribution >= 4 is 5.97 Å². The molecule has 1 aromatic rings. The smallest absolute Gasteiger partial charge is 0.319 e. The molecular formula is C12H21N3O2. The fourth-order valence-electron chi connectivity index (χ4n) is 1.88. The average Bonchev–Trinajstić information content (AvgIpc) is 2.81. The normalized spacial score (nSPS) is 11.5. The van der Waals surface area contributed by atoms with Crippen LogP contribution >= 0.6 is 0 Å². The number of rotatable bonds is 6. The summed E-state index contributed by atoms with van der Waals surface area (Å²) in [5, 5.41) is 7.02.